The second kappa shape index (κ2) is 4.89. The van der Waals surface area contributed by atoms with Crippen molar-refractivity contribution in [3.05, 3.63) is 0 Å². The molecule has 1 aliphatic heterocycles. The van der Waals surface area contributed by atoms with Gasteiger partial charge in [-0.3, -0.25) is 0 Å². The molecule has 0 spiro atoms. The van der Waals surface area contributed by atoms with Crippen molar-refractivity contribution in [1.82, 2.24) is 0 Å². The van der Waals surface area contributed by atoms with E-state index in [0.717, 1.165) is 12.8 Å². The summed E-state index contributed by atoms with van der Waals surface area (Å²) in [6.07, 6.45) is 2.61. The predicted octanol–water partition coefficient (Wildman–Crippen LogP) is 1.20. The van der Waals surface area contributed by atoms with Crippen molar-refractivity contribution in [3.63, 3.8) is 0 Å². The molecule has 13 heavy (non-hydrogen) atoms. The van der Waals surface area contributed by atoms with Crippen LogP contribution in [0.25, 0.3) is 0 Å². The maximum Gasteiger partial charge on any atom is 0.349 e. The third-order valence-corrected chi connectivity index (χ3v) is 4.35. The Morgan fingerprint density at radius 1 is 1.62 bits per heavy atom. The van der Waals surface area contributed by atoms with Crippen LogP contribution in [-0.2, 0) is 14.1 Å². The van der Waals surface area contributed by atoms with Crippen molar-refractivity contribution in [2.24, 2.45) is 0 Å². The fourth-order valence-corrected chi connectivity index (χ4v) is 3.35. The maximum absolute atomic E-state index is 11.1. The fraction of sp³-hybridized carbons (Fsp3) is 0.875. The van der Waals surface area contributed by atoms with Gasteiger partial charge in [0.05, 0.1) is 13.2 Å². The van der Waals surface area contributed by atoms with Crippen molar-refractivity contribution in [2.45, 2.75) is 19.8 Å². The Morgan fingerprint density at radius 2 is 2.38 bits per heavy atom. The summed E-state index contributed by atoms with van der Waals surface area (Å²) < 4.78 is 10.0. The number of hydrogen-bond donors (Lipinski definition) is 1. The SMILES string of the molecule is CCOC(=O)C[P+]1(O)CCCCO1. The lowest BCUT2D eigenvalue weighted by molar-refractivity contribution is -0.140. The van der Waals surface area contributed by atoms with Crippen LogP contribution in [0.3, 0.4) is 0 Å². The van der Waals surface area contributed by atoms with Gasteiger partial charge in [0.2, 0.25) is 6.16 Å². The van der Waals surface area contributed by atoms with Crippen molar-refractivity contribution in [2.75, 3.05) is 25.5 Å². The summed E-state index contributed by atoms with van der Waals surface area (Å²) >= 11 is 0. The molecule has 0 aromatic rings. The molecular weight excluding hydrogens is 191 g/mol. The minimum absolute atomic E-state index is 0.0564. The molecule has 1 rings (SSSR count). The molecule has 1 unspecified atom stereocenters. The van der Waals surface area contributed by atoms with Gasteiger partial charge in [-0.15, -0.1) is 0 Å². The fourth-order valence-electron chi connectivity index (χ4n) is 1.29. The van der Waals surface area contributed by atoms with Crippen LogP contribution in [-0.4, -0.2) is 36.4 Å². The van der Waals surface area contributed by atoms with Gasteiger partial charge in [-0.1, -0.05) is 0 Å². The summed E-state index contributed by atoms with van der Waals surface area (Å²) in [5, 5.41) is 0. The lowest BCUT2D eigenvalue weighted by Crippen LogP contribution is -2.20. The molecule has 0 aliphatic carbocycles. The molecule has 5 heteroatoms. The van der Waals surface area contributed by atoms with E-state index < -0.39 is 7.72 Å². The first kappa shape index (κ1) is 10.9. The molecule has 76 valence electrons. The molecule has 1 aliphatic rings. The van der Waals surface area contributed by atoms with E-state index in [4.69, 9.17) is 9.26 Å². The minimum atomic E-state index is -2.42. The lowest BCUT2D eigenvalue weighted by Gasteiger charge is -2.21. The second-order valence-corrected chi connectivity index (χ2v) is 5.79. The Bertz CT molecular complexity index is 177. The van der Waals surface area contributed by atoms with E-state index in [1.165, 1.54) is 0 Å². The van der Waals surface area contributed by atoms with Gasteiger partial charge in [0.25, 0.3) is 7.72 Å². The van der Waals surface area contributed by atoms with Crippen molar-refractivity contribution in [1.29, 1.82) is 0 Å². The highest BCUT2D eigenvalue weighted by molar-refractivity contribution is 7.66. The quantitative estimate of drug-likeness (QED) is 0.558. The van der Waals surface area contributed by atoms with Crippen LogP contribution in [0.5, 0.6) is 0 Å². The van der Waals surface area contributed by atoms with Crippen molar-refractivity contribution >= 4 is 13.7 Å². The van der Waals surface area contributed by atoms with Crippen LogP contribution in [0.1, 0.15) is 19.8 Å². The number of esters is 1. The van der Waals surface area contributed by atoms with Gasteiger partial charge in [-0.05, 0) is 19.8 Å². The molecule has 1 N–H and O–H groups in total. The molecule has 0 bridgehead atoms. The van der Waals surface area contributed by atoms with Gasteiger partial charge in [0, 0.05) is 0 Å². The van der Waals surface area contributed by atoms with Gasteiger partial charge in [0.1, 0.15) is 6.16 Å². The topological polar surface area (TPSA) is 55.8 Å². The highest BCUT2D eigenvalue weighted by Crippen LogP contribution is 2.58. The standard InChI is InChI=1S/C8H16O4P/c1-2-11-8(9)7-13(10)6-4-3-5-12-13/h10H,2-7H2,1H3/q+1. The number of hydrogen-bond acceptors (Lipinski definition) is 4. The van der Waals surface area contributed by atoms with Crippen LogP contribution in [0.15, 0.2) is 0 Å². The van der Waals surface area contributed by atoms with E-state index >= 15 is 0 Å². The van der Waals surface area contributed by atoms with E-state index in [9.17, 15) is 9.69 Å². The first-order valence-corrected chi connectivity index (χ1v) is 6.59. The second-order valence-electron chi connectivity index (χ2n) is 3.07. The van der Waals surface area contributed by atoms with E-state index in [1.807, 2.05) is 0 Å². The van der Waals surface area contributed by atoms with Crippen LogP contribution in [0, 0.1) is 0 Å². The third-order valence-electron chi connectivity index (χ3n) is 1.91. The molecule has 1 heterocycles. The summed E-state index contributed by atoms with van der Waals surface area (Å²) in [4.78, 5) is 20.9. The molecule has 0 aromatic carbocycles. The van der Waals surface area contributed by atoms with Crippen LogP contribution >= 0.6 is 7.72 Å². The maximum atomic E-state index is 11.1. The van der Waals surface area contributed by atoms with E-state index in [0.29, 0.717) is 19.4 Å². The van der Waals surface area contributed by atoms with Gasteiger partial charge in [-0.2, -0.15) is 0 Å². The zero-order valence-electron chi connectivity index (χ0n) is 7.86. The number of carbonyl (C=O) groups is 1. The summed E-state index contributed by atoms with van der Waals surface area (Å²) in [7, 11) is -2.42. The van der Waals surface area contributed by atoms with E-state index in [-0.39, 0.29) is 12.1 Å². The summed E-state index contributed by atoms with van der Waals surface area (Å²) in [6, 6.07) is 0. The number of ether oxygens (including phenoxy) is 1. The van der Waals surface area contributed by atoms with Crippen LogP contribution < -0.4 is 0 Å². The molecule has 1 atom stereocenters. The Labute approximate surface area is 78.7 Å². The van der Waals surface area contributed by atoms with E-state index in [2.05, 4.69) is 0 Å². The smallest absolute Gasteiger partial charge is 0.349 e. The zero-order valence-corrected chi connectivity index (χ0v) is 8.76. The predicted molar refractivity (Wildman–Crippen MR) is 50.7 cm³/mol. The van der Waals surface area contributed by atoms with Gasteiger partial charge >= 0.3 is 5.97 Å². The number of carbonyl (C=O) groups excluding carboxylic acids is 1. The Balaban J connectivity index is 2.36. The highest BCUT2D eigenvalue weighted by atomic mass is 31.2. The summed E-state index contributed by atoms with van der Waals surface area (Å²) in [6.45, 7) is 2.69. The minimum Gasteiger partial charge on any atom is -0.463 e. The average Bonchev–Trinajstić information content (AvgIpc) is 2.04. The largest absolute Gasteiger partial charge is 0.463 e. The highest BCUT2D eigenvalue weighted by Gasteiger charge is 2.43. The van der Waals surface area contributed by atoms with Gasteiger partial charge < -0.3 is 4.74 Å². The lowest BCUT2D eigenvalue weighted by atomic mass is 10.4. The first-order chi connectivity index (χ1) is 6.16. The van der Waals surface area contributed by atoms with Gasteiger partial charge in [-0.25, -0.2) is 14.2 Å². The van der Waals surface area contributed by atoms with Gasteiger partial charge in [0.15, 0.2) is 0 Å². The Morgan fingerprint density at radius 3 is 2.92 bits per heavy atom. The third kappa shape index (κ3) is 3.59. The van der Waals surface area contributed by atoms with Crippen molar-refractivity contribution in [3.8, 4) is 0 Å². The molecule has 0 amide bonds. The van der Waals surface area contributed by atoms with Crippen LogP contribution in [0.2, 0.25) is 0 Å². The first-order valence-electron chi connectivity index (χ1n) is 4.56. The molecule has 0 radical (unpaired) electrons. The average molecular weight is 207 g/mol. The Kier molecular flexibility index (Phi) is 4.10. The van der Waals surface area contributed by atoms with Crippen LogP contribution in [0.4, 0.5) is 0 Å². The summed E-state index contributed by atoms with van der Waals surface area (Å²) in [5.74, 6) is -0.347. The molecule has 1 saturated heterocycles. The van der Waals surface area contributed by atoms with E-state index in [1.54, 1.807) is 6.92 Å². The Hall–Kier alpha value is -0.180. The zero-order chi connectivity index (χ0) is 9.73. The normalized spacial score (nSPS) is 28.5. The molecular formula is C8H16O4P+. The molecule has 0 saturated carbocycles. The molecule has 0 aromatic heterocycles. The molecule has 4 nitrogen and oxygen atoms in total. The number of rotatable bonds is 3. The molecule has 1 fully saturated rings. The monoisotopic (exact) mass is 207 g/mol. The van der Waals surface area contributed by atoms with Crippen molar-refractivity contribution < 1.29 is 18.9 Å². The summed E-state index contributed by atoms with van der Waals surface area (Å²) in [5.41, 5.74) is 0.